The number of nitrogens with zero attached hydrogens (tertiary/aromatic N) is 1. The van der Waals surface area contributed by atoms with Gasteiger partial charge in [0.15, 0.2) is 11.2 Å². The number of aliphatic carboxylic acids is 1. The van der Waals surface area contributed by atoms with Crippen molar-refractivity contribution in [2.75, 3.05) is 11.9 Å². The zero-order chi connectivity index (χ0) is 20.1. The summed E-state index contributed by atoms with van der Waals surface area (Å²) in [4.78, 5) is 38.6. The zero-order valence-electron chi connectivity index (χ0n) is 13.8. The molecule has 0 spiro atoms. The number of alkyl carbamates (subject to hydrolysis) is 1. The molecule has 0 unspecified atom stereocenters. The Morgan fingerprint density at radius 3 is 2.38 bits per heavy atom. The number of halogens is 3. The lowest BCUT2D eigenvalue weighted by molar-refractivity contribution is -0.139. The number of ether oxygens (including phenoxy) is 2. The molecule has 1 heterocycles. The number of rotatable bonds is 5. The van der Waals surface area contributed by atoms with Gasteiger partial charge in [-0.05, 0) is 20.8 Å². The van der Waals surface area contributed by atoms with Gasteiger partial charge in [0.2, 0.25) is 3.79 Å². The highest BCUT2D eigenvalue weighted by Gasteiger charge is 2.28. The molecule has 9 nitrogen and oxygen atoms in total. The Labute approximate surface area is 167 Å². The molecule has 0 bridgehead atoms. The first-order valence-electron chi connectivity index (χ1n) is 6.95. The molecule has 3 N–H and O–H groups in total. The number of carbonyl (C=O) groups is 3. The lowest BCUT2D eigenvalue weighted by atomic mass is 10.2. The van der Waals surface area contributed by atoms with Crippen molar-refractivity contribution < 1.29 is 29.0 Å². The van der Waals surface area contributed by atoms with Crippen LogP contribution in [-0.2, 0) is 14.3 Å². The van der Waals surface area contributed by atoms with Crippen LogP contribution in [0.5, 0.6) is 0 Å². The number of alkyl halides is 3. The lowest BCUT2D eigenvalue weighted by Crippen LogP contribution is -2.38. The van der Waals surface area contributed by atoms with Crippen LogP contribution in [0.1, 0.15) is 32.5 Å². The smallest absolute Gasteiger partial charge is 0.413 e. The van der Waals surface area contributed by atoms with E-state index < -0.39 is 40.2 Å². The number of carbonyl (C=O) groups excluding carboxylic acids is 2. The fraction of sp³-hybridized carbons (Fsp3) is 0.538. The molecule has 13 heteroatoms. The van der Waals surface area contributed by atoms with Crippen LogP contribution in [0.25, 0.3) is 0 Å². The van der Waals surface area contributed by atoms with E-state index in [9.17, 15) is 19.5 Å². The third-order valence-electron chi connectivity index (χ3n) is 2.30. The van der Waals surface area contributed by atoms with Gasteiger partial charge in [-0.2, -0.15) is 0 Å². The minimum Gasteiger partial charge on any atom is -0.479 e. The summed E-state index contributed by atoms with van der Waals surface area (Å²) < 4.78 is 7.90. The molecule has 26 heavy (non-hydrogen) atoms. The molecule has 0 aliphatic rings. The maximum atomic E-state index is 11.8. The summed E-state index contributed by atoms with van der Waals surface area (Å²) in [6, 6.07) is -1.46. The molecule has 1 aromatic rings. The van der Waals surface area contributed by atoms with Crippen LogP contribution in [0.2, 0.25) is 0 Å². The first-order valence-corrected chi connectivity index (χ1v) is 8.96. The molecule has 2 amide bonds. The van der Waals surface area contributed by atoms with Crippen molar-refractivity contribution in [1.82, 2.24) is 10.3 Å². The van der Waals surface area contributed by atoms with Crippen LogP contribution >= 0.6 is 46.1 Å². The van der Waals surface area contributed by atoms with E-state index in [4.69, 9.17) is 39.5 Å². The average Bonchev–Trinajstić information content (AvgIpc) is 2.87. The van der Waals surface area contributed by atoms with E-state index >= 15 is 0 Å². The van der Waals surface area contributed by atoms with Gasteiger partial charge in [-0.15, -0.1) is 11.3 Å². The molecule has 1 rings (SSSR count). The van der Waals surface area contributed by atoms with E-state index in [1.807, 2.05) is 0 Å². The zero-order valence-corrected chi connectivity index (χ0v) is 16.9. The predicted octanol–water partition coefficient (Wildman–Crippen LogP) is 3.71. The molecule has 0 saturated heterocycles. The summed E-state index contributed by atoms with van der Waals surface area (Å²) >= 11 is 17.3. The molecule has 0 radical (unpaired) electrons. The van der Waals surface area contributed by atoms with Crippen molar-refractivity contribution in [3.8, 4) is 0 Å². The Bertz CT molecular complexity index is 671. The van der Waals surface area contributed by atoms with Crippen molar-refractivity contribution in [3.05, 3.63) is 11.1 Å². The summed E-state index contributed by atoms with van der Waals surface area (Å²) in [5.41, 5.74) is -0.807. The second-order valence-electron chi connectivity index (χ2n) is 5.81. The second kappa shape index (κ2) is 8.94. The fourth-order valence-electron chi connectivity index (χ4n) is 1.43. The second-order valence-corrected chi connectivity index (χ2v) is 9.19. The SMILES string of the molecule is CC(C)(C)OC(=O)N[C@@H](C(=O)O)c1csc(NC(=O)OCC(Cl)(Cl)Cl)n1. The van der Waals surface area contributed by atoms with Crippen molar-refractivity contribution in [2.45, 2.75) is 36.2 Å². The van der Waals surface area contributed by atoms with Gasteiger partial charge in [-0.25, -0.2) is 19.4 Å². The minimum atomic E-state index is -1.77. The molecule has 1 aromatic heterocycles. The van der Waals surface area contributed by atoms with Gasteiger partial charge in [0.25, 0.3) is 0 Å². The monoisotopic (exact) mass is 447 g/mol. The molecule has 0 aromatic carbocycles. The summed E-state index contributed by atoms with van der Waals surface area (Å²) in [6.45, 7) is 4.42. The van der Waals surface area contributed by atoms with Gasteiger partial charge < -0.3 is 19.9 Å². The van der Waals surface area contributed by atoms with Gasteiger partial charge in [0.05, 0.1) is 5.69 Å². The van der Waals surface area contributed by atoms with Crippen LogP contribution in [0, 0.1) is 0 Å². The Morgan fingerprint density at radius 1 is 1.27 bits per heavy atom. The number of thiazole rings is 1. The highest BCUT2D eigenvalue weighted by molar-refractivity contribution is 7.13. The van der Waals surface area contributed by atoms with Crippen LogP contribution < -0.4 is 10.6 Å². The number of aromatic nitrogens is 1. The number of carboxylic acids is 1. The third-order valence-corrected chi connectivity index (χ3v) is 3.40. The number of amides is 2. The molecule has 0 aliphatic heterocycles. The molecular formula is C13H16Cl3N3O6S. The predicted molar refractivity (Wildman–Crippen MR) is 97.1 cm³/mol. The Hall–Kier alpha value is -1.49. The van der Waals surface area contributed by atoms with Crippen molar-refractivity contribution in [3.63, 3.8) is 0 Å². The van der Waals surface area contributed by atoms with E-state index in [0.29, 0.717) is 0 Å². The van der Waals surface area contributed by atoms with E-state index in [0.717, 1.165) is 11.3 Å². The van der Waals surface area contributed by atoms with Crippen molar-refractivity contribution >= 4 is 69.4 Å². The number of hydrogen-bond donors (Lipinski definition) is 3. The van der Waals surface area contributed by atoms with E-state index in [-0.39, 0.29) is 10.8 Å². The van der Waals surface area contributed by atoms with Gasteiger partial charge in [-0.1, -0.05) is 34.8 Å². The van der Waals surface area contributed by atoms with Crippen molar-refractivity contribution in [1.29, 1.82) is 0 Å². The molecule has 146 valence electrons. The van der Waals surface area contributed by atoms with E-state index in [2.05, 4.69) is 20.4 Å². The van der Waals surface area contributed by atoms with Gasteiger partial charge in [0, 0.05) is 5.38 Å². The van der Waals surface area contributed by atoms with E-state index in [1.165, 1.54) is 5.38 Å². The molecular weight excluding hydrogens is 433 g/mol. The van der Waals surface area contributed by atoms with Crippen LogP contribution in [0.3, 0.4) is 0 Å². The summed E-state index contributed by atoms with van der Waals surface area (Å²) in [5, 5.41) is 15.1. The standard InChI is InChI=1S/C13H16Cl3N3O6S/c1-12(2,3)25-11(23)18-7(8(20)21)6-4-26-9(17-6)19-10(22)24-5-13(14,15)16/h4,7H,5H2,1-3H3,(H,18,23)(H,20,21)(H,17,19,22)/t7-/m1/s1. The number of anilines is 1. The molecule has 0 fully saturated rings. The number of hydrogen-bond acceptors (Lipinski definition) is 7. The molecule has 0 aliphatic carbocycles. The quantitative estimate of drug-likeness (QED) is 0.586. The Balaban J connectivity index is 2.73. The van der Waals surface area contributed by atoms with Crippen LogP contribution in [-0.4, -0.2) is 44.2 Å². The van der Waals surface area contributed by atoms with E-state index in [1.54, 1.807) is 20.8 Å². The first-order chi connectivity index (χ1) is 11.8. The Morgan fingerprint density at radius 2 is 1.88 bits per heavy atom. The first kappa shape index (κ1) is 22.6. The lowest BCUT2D eigenvalue weighted by Gasteiger charge is -2.21. The highest BCUT2D eigenvalue weighted by atomic mass is 35.6. The number of nitrogens with one attached hydrogen (secondary N) is 2. The minimum absolute atomic E-state index is 0.00923. The summed E-state index contributed by atoms with van der Waals surface area (Å²) in [7, 11) is 0. The third kappa shape index (κ3) is 8.75. The number of carboxylic acid groups (broad SMARTS) is 1. The Kier molecular flexibility index (Phi) is 7.75. The maximum Gasteiger partial charge on any atom is 0.413 e. The fourth-order valence-corrected chi connectivity index (χ4v) is 2.32. The summed E-state index contributed by atoms with van der Waals surface area (Å²) in [5.74, 6) is -1.36. The highest BCUT2D eigenvalue weighted by Crippen LogP contribution is 2.26. The maximum absolute atomic E-state index is 11.8. The van der Waals surface area contributed by atoms with Crippen molar-refractivity contribution in [2.24, 2.45) is 0 Å². The van der Waals surface area contributed by atoms with Gasteiger partial charge in [0.1, 0.15) is 12.2 Å². The van der Waals surface area contributed by atoms with Gasteiger partial charge in [-0.3, -0.25) is 5.32 Å². The molecule has 0 saturated carbocycles. The topological polar surface area (TPSA) is 127 Å². The van der Waals surface area contributed by atoms with Gasteiger partial charge >= 0.3 is 18.2 Å². The summed E-state index contributed by atoms with van der Waals surface area (Å²) in [6.07, 6.45) is -1.86. The molecule has 1 atom stereocenters. The average molecular weight is 449 g/mol. The van der Waals surface area contributed by atoms with Crippen LogP contribution in [0.4, 0.5) is 14.7 Å². The normalized spacial score (nSPS) is 12.8. The largest absolute Gasteiger partial charge is 0.479 e. The van der Waals surface area contributed by atoms with Crippen LogP contribution in [0.15, 0.2) is 5.38 Å².